The van der Waals surface area contributed by atoms with Gasteiger partial charge in [-0.1, -0.05) is 92.2 Å². The molecule has 276 valence electrons. The summed E-state index contributed by atoms with van der Waals surface area (Å²) in [6.07, 6.45) is 8.46. The van der Waals surface area contributed by atoms with Crippen LogP contribution >= 0.6 is 0 Å². The van der Waals surface area contributed by atoms with Gasteiger partial charge in [0.15, 0.2) is 12.6 Å². The lowest BCUT2D eigenvalue weighted by Crippen LogP contribution is -2.38. The molecule has 3 aromatic carbocycles. The van der Waals surface area contributed by atoms with Crippen LogP contribution in [0.25, 0.3) is 4.85 Å². The molecule has 0 N–H and O–H groups in total. The molecule has 0 radical (unpaired) electrons. The molecule has 2 aliphatic rings. The molecule has 5 rings (SSSR count). The maximum Gasteiger partial charge on any atom is 0.333 e. The Morgan fingerprint density at radius 1 is 0.686 bits per heavy atom. The Kier molecular flexibility index (Phi) is 13.9. The zero-order valence-corrected chi connectivity index (χ0v) is 31.7. The van der Waals surface area contributed by atoms with Crippen LogP contribution in [-0.4, -0.2) is 52.3 Å². The van der Waals surface area contributed by atoms with Crippen LogP contribution in [0, 0.1) is 13.5 Å². The van der Waals surface area contributed by atoms with Crippen molar-refractivity contribution in [1.82, 2.24) is 0 Å². The van der Waals surface area contributed by atoms with E-state index in [1.807, 2.05) is 55.5 Å². The number of hydrogen-bond acceptors (Lipinski definition) is 6. The lowest BCUT2D eigenvalue weighted by molar-refractivity contribution is -0.171. The van der Waals surface area contributed by atoms with Gasteiger partial charge in [0, 0.05) is 36.9 Å². The largest absolute Gasteiger partial charge is 0.353 e. The van der Waals surface area contributed by atoms with Crippen LogP contribution in [0.2, 0.25) is 0 Å². The molecule has 0 amide bonds. The number of ether oxygens (including phenoxy) is 4. The minimum atomic E-state index is -4.01. The second kappa shape index (κ2) is 18.1. The summed E-state index contributed by atoms with van der Waals surface area (Å²) < 4.78 is 53.7. The molecular weight excluding hydrogens is 659 g/mol. The van der Waals surface area contributed by atoms with Crippen molar-refractivity contribution in [3.05, 3.63) is 113 Å². The summed E-state index contributed by atoms with van der Waals surface area (Å²) in [6, 6.07) is 27.5. The van der Waals surface area contributed by atoms with E-state index >= 15 is 0 Å². The van der Waals surface area contributed by atoms with E-state index in [9.17, 15) is 8.42 Å². The summed E-state index contributed by atoms with van der Waals surface area (Å²) in [5, 5.41) is 0. The minimum absolute atomic E-state index is 0.205. The second-order valence-corrected chi connectivity index (χ2v) is 17.4. The van der Waals surface area contributed by atoms with Crippen LogP contribution in [-0.2, 0) is 39.6 Å². The summed E-state index contributed by atoms with van der Waals surface area (Å²) in [7, 11) is -4.01. The van der Waals surface area contributed by atoms with Crippen molar-refractivity contribution in [2.75, 3.05) is 26.4 Å². The summed E-state index contributed by atoms with van der Waals surface area (Å²) >= 11 is 0. The van der Waals surface area contributed by atoms with Crippen LogP contribution < -0.4 is 0 Å². The summed E-state index contributed by atoms with van der Waals surface area (Å²) in [4.78, 5) is 2.66. The van der Waals surface area contributed by atoms with E-state index in [1.54, 1.807) is 12.1 Å². The molecule has 51 heavy (non-hydrogen) atoms. The molecule has 0 aromatic heterocycles. The molecule has 0 spiro atoms. The van der Waals surface area contributed by atoms with Crippen molar-refractivity contribution < 1.29 is 27.4 Å². The number of hydrogen-bond donors (Lipinski definition) is 0. The minimum Gasteiger partial charge on any atom is -0.353 e. The Morgan fingerprint density at radius 2 is 1.14 bits per heavy atom. The molecule has 8 heteroatoms. The molecule has 3 aromatic rings. The Balaban J connectivity index is 1.37. The molecule has 4 atom stereocenters. The van der Waals surface area contributed by atoms with E-state index in [2.05, 4.69) is 43.0 Å². The summed E-state index contributed by atoms with van der Waals surface area (Å²) in [5.74, 6) is 0. The van der Waals surface area contributed by atoms with E-state index in [0.717, 1.165) is 55.2 Å². The van der Waals surface area contributed by atoms with Crippen molar-refractivity contribution in [3.63, 3.8) is 0 Å². The van der Waals surface area contributed by atoms with Crippen LogP contribution in [0.4, 0.5) is 0 Å². The van der Waals surface area contributed by atoms with Gasteiger partial charge < -0.3 is 18.9 Å². The van der Waals surface area contributed by atoms with Gasteiger partial charge in [0.25, 0.3) is 9.84 Å². The average molecular weight is 716 g/mol. The first-order chi connectivity index (χ1) is 24.6. The van der Waals surface area contributed by atoms with Gasteiger partial charge in [0.05, 0.1) is 18.1 Å². The summed E-state index contributed by atoms with van der Waals surface area (Å²) in [6.45, 7) is 17.2. The van der Waals surface area contributed by atoms with Gasteiger partial charge in [0.1, 0.15) is 0 Å². The monoisotopic (exact) mass is 715 g/mol. The van der Waals surface area contributed by atoms with Gasteiger partial charge in [-0.3, -0.25) is 4.85 Å². The molecule has 0 saturated carbocycles. The van der Waals surface area contributed by atoms with E-state index in [-0.39, 0.29) is 41.1 Å². The van der Waals surface area contributed by atoms with E-state index in [4.69, 9.17) is 25.5 Å². The molecule has 7 nitrogen and oxygen atoms in total. The Labute approximate surface area is 306 Å². The normalized spacial score (nSPS) is 21.8. The first-order valence-corrected chi connectivity index (χ1v) is 20.4. The van der Waals surface area contributed by atoms with E-state index < -0.39 is 14.7 Å². The second-order valence-electron chi connectivity index (χ2n) is 15.1. The van der Waals surface area contributed by atoms with Gasteiger partial charge in [-0.25, -0.2) is 15.0 Å². The van der Waals surface area contributed by atoms with Crippen LogP contribution in [0.5, 0.6) is 0 Å². The quantitative estimate of drug-likeness (QED) is 0.122. The third-order valence-electron chi connectivity index (χ3n) is 11.0. The van der Waals surface area contributed by atoms with Gasteiger partial charge >= 0.3 is 4.87 Å². The Morgan fingerprint density at radius 3 is 1.53 bits per heavy atom. The predicted molar refractivity (Wildman–Crippen MR) is 202 cm³/mol. The predicted octanol–water partition coefficient (Wildman–Crippen LogP) is 9.73. The van der Waals surface area contributed by atoms with Crippen molar-refractivity contribution in [2.45, 2.75) is 131 Å². The smallest absolute Gasteiger partial charge is 0.333 e. The highest BCUT2D eigenvalue weighted by molar-refractivity contribution is 7.93. The zero-order chi connectivity index (χ0) is 36.2. The van der Waals surface area contributed by atoms with Crippen molar-refractivity contribution in [1.29, 1.82) is 0 Å². The maximum absolute atomic E-state index is 14.6. The summed E-state index contributed by atoms with van der Waals surface area (Å²) in [5.41, 5.74) is 2.48. The molecule has 0 aliphatic carbocycles. The van der Waals surface area contributed by atoms with Crippen LogP contribution in [0.15, 0.2) is 89.8 Å². The van der Waals surface area contributed by atoms with Gasteiger partial charge in [0.2, 0.25) is 0 Å². The fourth-order valence-electron chi connectivity index (χ4n) is 7.53. The maximum atomic E-state index is 14.6. The van der Waals surface area contributed by atoms with Crippen LogP contribution in [0.3, 0.4) is 0 Å². The lowest BCUT2D eigenvalue weighted by Gasteiger charge is -2.34. The third kappa shape index (κ3) is 10.1. The number of benzene rings is 3. The third-order valence-corrected chi connectivity index (χ3v) is 13.4. The van der Waals surface area contributed by atoms with E-state index in [0.29, 0.717) is 52.1 Å². The molecule has 2 aliphatic heterocycles. The molecule has 2 saturated heterocycles. The topological polar surface area (TPSA) is 75.4 Å². The molecule has 2 fully saturated rings. The highest BCUT2D eigenvalue weighted by Gasteiger charge is 2.51. The van der Waals surface area contributed by atoms with Crippen molar-refractivity contribution >= 4 is 9.84 Å². The van der Waals surface area contributed by atoms with Gasteiger partial charge in [-0.2, -0.15) is 0 Å². The number of aryl methyl sites for hydroxylation is 1. The Bertz CT molecular complexity index is 1550. The first-order valence-electron chi connectivity index (χ1n) is 18.9. The van der Waals surface area contributed by atoms with Crippen molar-refractivity contribution in [3.8, 4) is 0 Å². The standard InChI is InChI=1S/C43H57NO6S/c1-35-23-25-38(26-24-35)51(45,46)43(44-4,29-15-27-41(2,36-17-7-5-8-18-36)33-49-39-21-11-13-31-47-39)30-16-28-42(3,37-19-9-6-10-20-37)34-50-40-22-12-14-32-48-40/h5-10,17-20,23-26,39-40H,11-16,21-22,27-34H2,1-3H3. The number of rotatable bonds is 18. The highest BCUT2D eigenvalue weighted by atomic mass is 32.2. The fraction of sp³-hybridized carbons (Fsp3) is 0.558. The first kappa shape index (κ1) is 39.2. The zero-order valence-electron chi connectivity index (χ0n) is 30.9. The molecule has 2 heterocycles. The lowest BCUT2D eigenvalue weighted by atomic mass is 9.77. The molecular formula is C43H57NO6S. The number of sulfone groups is 1. The number of nitrogens with zero attached hydrogens (tertiary/aromatic N) is 1. The van der Waals surface area contributed by atoms with Crippen LogP contribution in [0.1, 0.15) is 108 Å². The fourth-order valence-corrected chi connectivity index (χ4v) is 9.41. The van der Waals surface area contributed by atoms with E-state index in [1.165, 1.54) is 0 Å². The molecule has 4 unspecified atom stereocenters. The molecule has 0 bridgehead atoms. The SMILES string of the molecule is [C-]#[N+]C(CCCC(C)(COC1CCCCO1)c1ccccc1)(CCCC(C)(COC1CCCCO1)c1ccccc1)S(=O)(=O)c1ccc(C)cc1. The van der Waals surface area contributed by atoms with Gasteiger partial charge in [-0.15, -0.1) is 0 Å². The van der Waals surface area contributed by atoms with Crippen molar-refractivity contribution in [2.24, 2.45) is 0 Å². The Hall–Kier alpha value is -3.06. The highest BCUT2D eigenvalue weighted by Crippen LogP contribution is 2.41. The van der Waals surface area contributed by atoms with Gasteiger partial charge in [-0.05, 0) is 94.4 Å². The average Bonchev–Trinajstić information content (AvgIpc) is 3.17.